The zero-order valence-electron chi connectivity index (χ0n) is 11.9. The molecule has 0 spiro atoms. The van der Waals surface area contributed by atoms with Crippen molar-refractivity contribution >= 4 is 5.69 Å². The highest BCUT2D eigenvalue weighted by Gasteiger charge is 2.04. The van der Waals surface area contributed by atoms with Gasteiger partial charge in [0.2, 0.25) is 0 Å². The van der Waals surface area contributed by atoms with Crippen LogP contribution in [-0.4, -0.2) is 34.4 Å². The average molecular weight is 290 g/mol. The molecule has 0 aliphatic heterocycles. The highest BCUT2D eigenvalue weighted by Crippen LogP contribution is 2.16. The third kappa shape index (κ3) is 4.88. The van der Waals surface area contributed by atoms with Crippen molar-refractivity contribution in [2.45, 2.75) is 6.42 Å². The molecule has 0 amide bonds. The molecule has 0 fully saturated rings. The predicted octanol–water partition coefficient (Wildman–Crippen LogP) is 1.54. The summed E-state index contributed by atoms with van der Waals surface area (Å²) in [6, 6.07) is 6.08. The molecule has 1 aromatic heterocycles. The Morgan fingerprint density at radius 1 is 1.33 bits per heavy atom. The van der Waals surface area contributed by atoms with E-state index in [4.69, 9.17) is 4.74 Å². The van der Waals surface area contributed by atoms with E-state index in [2.05, 4.69) is 10.4 Å². The molecule has 0 radical (unpaired) electrons. The van der Waals surface area contributed by atoms with E-state index >= 15 is 0 Å². The Labute approximate surface area is 122 Å². The van der Waals surface area contributed by atoms with Crippen LogP contribution in [0, 0.1) is 10.1 Å². The van der Waals surface area contributed by atoms with Gasteiger partial charge in [-0.05, 0) is 30.7 Å². The quantitative estimate of drug-likeness (QED) is 0.453. The number of rotatable bonds is 8. The lowest BCUT2D eigenvalue weighted by atomic mass is 10.2. The summed E-state index contributed by atoms with van der Waals surface area (Å²) in [7, 11) is 1.90. The van der Waals surface area contributed by atoms with Crippen LogP contribution in [0.25, 0.3) is 0 Å². The summed E-state index contributed by atoms with van der Waals surface area (Å²) in [6.07, 6.45) is 4.77. The summed E-state index contributed by atoms with van der Waals surface area (Å²) >= 11 is 0. The Morgan fingerprint density at radius 2 is 2.10 bits per heavy atom. The van der Waals surface area contributed by atoms with Crippen molar-refractivity contribution in [2.24, 2.45) is 7.05 Å². The van der Waals surface area contributed by atoms with E-state index in [0.717, 1.165) is 19.5 Å². The minimum absolute atomic E-state index is 0.0666. The Balaban J connectivity index is 1.60. The van der Waals surface area contributed by atoms with Gasteiger partial charge >= 0.3 is 0 Å². The van der Waals surface area contributed by atoms with Crippen LogP contribution in [0.5, 0.6) is 5.75 Å². The Kier molecular flexibility index (Phi) is 5.28. The maximum Gasteiger partial charge on any atom is 0.269 e. The number of aryl methyl sites for hydroxylation is 1. The van der Waals surface area contributed by atoms with E-state index in [9.17, 15) is 10.1 Å². The summed E-state index contributed by atoms with van der Waals surface area (Å²) in [6.45, 7) is 2.09. The highest BCUT2D eigenvalue weighted by atomic mass is 16.6. The molecule has 112 valence electrons. The second-order valence-corrected chi connectivity index (χ2v) is 4.62. The molecule has 0 atom stereocenters. The predicted molar refractivity (Wildman–Crippen MR) is 78.4 cm³/mol. The monoisotopic (exact) mass is 290 g/mol. The zero-order valence-corrected chi connectivity index (χ0v) is 11.9. The van der Waals surface area contributed by atoms with Crippen LogP contribution in [-0.2, 0) is 13.5 Å². The maximum absolute atomic E-state index is 10.5. The van der Waals surface area contributed by atoms with Crippen LogP contribution in [0.1, 0.15) is 5.56 Å². The fourth-order valence-corrected chi connectivity index (χ4v) is 1.86. The topological polar surface area (TPSA) is 82.2 Å². The number of hydrogen-bond donors (Lipinski definition) is 1. The smallest absolute Gasteiger partial charge is 0.269 e. The second-order valence-electron chi connectivity index (χ2n) is 4.62. The van der Waals surface area contributed by atoms with Gasteiger partial charge in [-0.1, -0.05) is 0 Å². The number of aromatic nitrogens is 2. The average Bonchev–Trinajstić information content (AvgIpc) is 2.89. The molecule has 7 nitrogen and oxygen atoms in total. The van der Waals surface area contributed by atoms with E-state index < -0.39 is 4.92 Å². The van der Waals surface area contributed by atoms with Crippen LogP contribution in [0.3, 0.4) is 0 Å². The number of nitrogens with zero attached hydrogens (tertiary/aromatic N) is 3. The van der Waals surface area contributed by atoms with Gasteiger partial charge in [0.25, 0.3) is 5.69 Å². The van der Waals surface area contributed by atoms with Crippen LogP contribution in [0.15, 0.2) is 36.7 Å². The van der Waals surface area contributed by atoms with Gasteiger partial charge < -0.3 is 10.1 Å². The lowest BCUT2D eigenvalue weighted by Crippen LogP contribution is -2.23. The summed E-state index contributed by atoms with van der Waals surface area (Å²) < 4.78 is 7.28. The number of hydrogen-bond acceptors (Lipinski definition) is 5. The van der Waals surface area contributed by atoms with Gasteiger partial charge in [-0.3, -0.25) is 14.8 Å². The van der Waals surface area contributed by atoms with Crippen molar-refractivity contribution in [2.75, 3.05) is 19.7 Å². The molecule has 0 aliphatic rings. The number of benzene rings is 1. The van der Waals surface area contributed by atoms with E-state index in [0.29, 0.717) is 12.4 Å². The van der Waals surface area contributed by atoms with E-state index in [1.807, 2.05) is 19.4 Å². The molecule has 1 heterocycles. The molecule has 7 heteroatoms. The molecule has 2 rings (SSSR count). The lowest BCUT2D eigenvalue weighted by molar-refractivity contribution is -0.384. The summed E-state index contributed by atoms with van der Waals surface area (Å²) in [5.41, 5.74) is 1.26. The molecule has 21 heavy (non-hydrogen) atoms. The molecular weight excluding hydrogens is 272 g/mol. The summed E-state index contributed by atoms with van der Waals surface area (Å²) in [4.78, 5) is 10.1. The maximum atomic E-state index is 10.5. The molecule has 0 saturated heterocycles. The van der Waals surface area contributed by atoms with Crippen molar-refractivity contribution in [1.29, 1.82) is 0 Å². The highest BCUT2D eigenvalue weighted by molar-refractivity contribution is 5.35. The number of nitro benzene ring substituents is 1. The van der Waals surface area contributed by atoms with E-state index in [-0.39, 0.29) is 5.69 Å². The first-order valence-electron chi connectivity index (χ1n) is 6.70. The van der Waals surface area contributed by atoms with Crippen molar-refractivity contribution < 1.29 is 9.66 Å². The second kappa shape index (κ2) is 7.39. The Bertz CT molecular complexity index is 580. The third-order valence-corrected chi connectivity index (χ3v) is 2.94. The first kappa shape index (κ1) is 15.0. The molecule has 0 saturated carbocycles. The van der Waals surface area contributed by atoms with Gasteiger partial charge in [0.05, 0.1) is 11.1 Å². The standard InChI is InChI=1S/C14H18N4O3/c1-17-11-12(10-16-17)6-7-15-8-9-21-14-4-2-13(3-5-14)18(19)20/h2-5,10-11,15H,6-9H2,1H3. The molecule has 0 unspecified atom stereocenters. The fraction of sp³-hybridized carbons (Fsp3) is 0.357. The first-order valence-corrected chi connectivity index (χ1v) is 6.70. The van der Waals surface area contributed by atoms with Crippen molar-refractivity contribution in [3.63, 3.8) is 0 Å². The Morgan fingerprint density at radius 3 is 2.71 bits per heavy atom. The molecule has 0 aliphatic carbocycles. The minimum atomic E-state index is -0.427. The molecule has 1 aromatic carbocycles. The molecular formula is C14H18N4O3. The van der Waals surface area contributed by atoms with Crippen molar-refractivity contribution in [1.82, 2.24) is 15.1 Å². The SMILES string of the molecule is Cn1cc(CCNCCOc2ccc([N+](=O)[O-])cc2)cn1. The molecule has 0 bridgehead atoms. The number of nitro groups is 1. The fourth-order valence-electron chi connectivity index (χ4n) is 1.86. The largest absolute Gasteiger partial charge is 0.492 e. The normalized spacial score (nSPS) is 10.5. The minimum Gasteiger partial charge on any atom is -0.492 e. The lowest BCUT2D eigenvalue weighted by Gasteiger charge is -2.07. The van der Waals surface area contributed by atoms with Crippen molar-refractivity contribution in [3.8, 4) is 5.75 Å². The summed E-state index contributed by atoms with van der Waals surface area (Å²) in [5, 5.41) is 17.9. The summed E-state index contributed by atoms with van der Waals surface area (Å²) in [5.74, 6) is 0.634. The number of non-ortho nitro benzene ring substituents is 1. The van der Waals surface area contributed by atoms with Crippen LogP contribution < -0.4 is 10.1 Å². The van der Waals surface area contributed by atoms with Gasteiger partial charge in [-0.2, -0.15) is 5.10 Å². The number of ether oxygens (including phenoxy) is 1. The van der Waals surface area contributed by atoms with Crippen LogP contribution in [0.2, 0.25) is 0 Å². The number of nitrogens with one attached hydrogen (secondary N) is 1. The zero-order chi connectivity index (χ0) is 15.1. The Hall–Kier alpha value is -2.41. The van der Waals surface area contributed by atoms with Crippen molar-refractivity contribution in [3.05, 3.63) is 52.3 Å². The van der Waals surface area contributed by atoms with Gasteiger partial charge in [-0.15, -0.1) is 0 Å². The van der Waals surface area contributed by atoms with Crippen LogP contribution >= 0.6 is 0 Å². The third-order valence-electron chi connectivity index (χ3n) is 2.94. The molecule has 1 N–H and O–H groups in total. The first-order chi connectivity index (χ1) is 10.1. The van der Waals surface area contributed by atoms with E-state index in [1.54, 1.807) is 16.8 Å². The molecule has 2 aromatic rings. The van der Waals surface area contributed by atoms with Crippen LogP contribution in [0.4, 0.5) is 5.69 Å². The van der Waals surface area contributed by atoms with Gasteiger partial charge in [0.1, 0.15) is 12.4 Å². The van der Waals surface area contributed by atoms with Gasteiger partial charge in [0, 0.05) is 31.9 Å². The van der Waals surface area contributed by atoms with E-state index in [1.165, 1.54) is 17.7 Å². The van der Waals surface area contributed by atoms with Gasteiger partial charge in [0.15, 0.2) is 0 Å². The van der Waals surface area contributed by atoms with Gasteiger partial charge in [-0.25, -0.2) is 0 Å².